The van der Waals surface area contributed by atoms with Gasteiger partial charge < -0.3 is 5.73 Å². The second-order valence-corrected chi connectivity index (χ2v) is 7.00. The van der Waals surface area contributed by atoms with Crippen molar-refractivity contribution < 1.29 is 0 Å². The minimum absolute atomic E-state index is 0.429. The van der Waals surface area contributed by atoms with Crippen molar-refractivity contribution >= 4 is 11.3 Å². The molecule has 1 saturated carbocycles. The first-order valence-electron chi connectivity index (χ1n) is 7.07. The van der Waals surface area contributed by atoms with Gasteiger partial charge in [0.1, 0.15) is 0 Å². The number of aromatic nitrogens is 1. The Hall–Kier alpha value is -0.450. The molecule has 2 aliphatic rings. The lowest BCUT2D eigenvalue weighted by atomic mass is 9.78. The van der Waals surface area contributed by atoms with Gasteiger partial charge in [0.15, 0.2) is 0 Å². The van der Waals surface area contributed by atoms with Crippen molar-refractivity contribution in [3.8, 4) is 0 Å². The fraction of sp³-hybridized carbons (Fsp3) is 0.786. The molecule has 0 aromatic carbocycles. The molecule has 0 radical (unpaired) electrons. The van der Waals surface area contributed by atoms with Gasteiger partial charge in [-0.05, 0) is 38.5 Å². The number of nitrogens with zero attached hydrogens (tertiary/aromatic N) is 2. The predicted molar refractivity (Wildman–Crippen MR) is 75.6 cm³/mol. The summed E-state index contributed by atoms with van der Waals surface area (Å²) in [7, 11) is 0. The van der Waals surface area contributed by atoms with Crippen molar-refractivity contribution in [2.24, 2.45) is 17.6 Å². The Morgan fingerprint density at radius 1 is 1.44 bits per heavy atom. The standard InChI is InChI=1S/C14H23N3S/c1-9(14-8-18-10(2)16-14)17-6-11-4-3-5-13(15)12(11)7-17/h8-9,11-13H,3-7,15H2,1-2H3. The molecule has 4 heteroatoms. The van der Waals surface area contributed by atoms with Crippen molar-refractivity contribution in [2.45, 2.75) is 45.2 Å². The Morgan fingerprint density at radius 2 is 2.28 bits per heavy atom. The van der Waals surface area contributed by atoms with Gasteiger partial charge in [-0.1, -0.05) is 6.42 Å². The summed E-state index contributed by atoms with van der Waals surface area (Å²) in [5.74, 6) is 1.55. The molecule has 4 unspecified atom stereocenters. The molecule has 0 amide bonds. The van der Waals surface area contributed by atoms with E-state index in [1.807, 2.05) is 0 Å². The van der Waals surface area contributed by atoms with Crippen molar-refractivity contribution in [3.05, 3.63) is 16.1 Å². The number of hydrogen-bond acceptors (Lipinski definition) is 4. The van der Waals surface area contributed by atoms with Crippen LogP contribution in [0.4, 0.5) is 0 Å². The molecule has 1 aliphatic carbocycles. The van der Waals surface area contributed by atoms with Crippen LogP contribution in [0.3, 0.4) is 0 Å². The van der Waals surface area contributed by atoms with E-state index in [1.165, 1.54) is 43.1 Å². The summed E-state index contributed by atoms with van der Waals surface area (Å²) in [5.41, 5.74) is 7.53. The summed E-state index contributed by atoms with van der Waals surface area (Å²) in [6.07, 6.45) is 3.91. The minimum Gasteiger partial charge on any atom is -0.327 e. The smallest absolute Gasteiger partial charge is 0.0898 e. The molecule has 1 saturated heterocycles. The van der Waals surface area contributed by atoms with Gasteiger partial charge in [0, 0.05) is 24.5 Å². The average Bonchev–Trinajstić information content (AvgIpc) is 2.95. The molecule has 18 heavy (non-hydrogen) atoms. The van der Waals surface area contributed by atoms with E-state index in [2.05, 4.69) is 29.1 Å². The SMILES string of the molecule is Cc1nc(C(C)N2CC3CCCC(N)C3C2)cs1. The summed E-state index contributed by atoms with van der Waals surface area (Å²) >= 11 is 1.76. The van der Waals surface area contributed by atoms with E-state index >= 15 is 0 Å². The van der Waals surface area contributed by atoms with Crippen LogP contribution in [0.5, 0.6) is 0 Å². The fourth-order valence-corrected chi connectivity index (χ4v) is 4.33. The first kappa shape index (κ1) is 12.6. The molecule has 0 spiro atoms. The minimum atomic E-state index is 0.429. The van der Waals surface area contributed by atoms with Crippen molar-refractivity contribution in [1.29, 1.82) is 0 Å². The number of nitrogens with two attached hydrogens (primary N) is 1. The summed E-state index contributed by atoms with van der Waals surface area (Å²) in [5, 5.41) is 3.38. The highest BCUT2D eigenvalue weighted by Crippen LogP contribution is 2.38. The van der Waals surface area contributed by atoms with Crippen LogP contribution in [0, 0.1) is 18.8 Å². The van der Waals surface area contributed by atoms with Crippen molar-refractivity contribution in [2.75, 3.05) is 13.1 Å². The van der Waals surface area contributed by atoms with Crippen LogP contribution in [-0.4, -0.2) is 29.0 Å². The molecule has 1 aromatic heterocycles. The van der Waals surface area contributed by atoms with Crippen LogP contribution in [0.1, 0.15) is 42.9 Å². The molecule has 100 valence electrons. The lowest BCUT2D eigenvalue weighted by molar-refractivity contribution is 0.242. The van der Waals surface area contributed by atoms with E-state index in [-0.39, 0.29) is 0 Å². The largest absolute Gasteiger partial charge is 0.327 e. The van der Waals surface area contributed by atoms with Crippen molar-refractivity contribution in [3.63, 3.8) is 0 Å². The predicted octanol–water partition coefficient (Wildman–Crippen LogP) is 2.57. The summed E-state index contributed by atoms with van der Waals surface area (Å²) < 4.78 is 0. The van der Waals surface area contributed by atoms with Crippen LogP contribution in [0.25, 0.3) is 0 Å². The highest BCUT2D eigenvalue weighted by Gasteiger charge is 2.40. The highest BCUT2D eigenvalue weighted by atomic mass is 32.1. The lowest BCUT2D eigenvalue weighted by Gasteiger charge is -2.30. The van der Waals surface area contributed by atoms with Gasteiger partial charge in [-0.25, -0.2) is 4.98 Å². The number of rotatable bonds is 2. The maximum Gasteiger partial charge on any atom is 0.0898 e. The zero-order valence-corrected chi connectivity index (χ0v) is 12.1. The van der Waals surface area contributed by atoms with Crippen LogP contribution in [0.15, 0.2) is 5.38 Å². The number of likely N-dealkylation sites (tertiary alicyclic amines) is 1. The van der Waals surface area contributed by atoms with Gasteiger partial charge in [0.05, 0.1) is 16.7 Å². The Kier molecular flexibility index (Phi) is 3.43. The van der Waals surface area contributed by atoms with E-state index in [4.69, 9.17) is 5.73 Å². The number of thiazole rings is 1. The molecule has 1 aromatic rings. The van der Waals surface area contributed by atoms with Gasteiger partial charge in [0.2, 0.25) is 0 Å². The molecule has 2 N–H and O–H groups in total. The molecular weight excluding hydrogens is 242 g/mol. The molecule has 3 rings (SSSR count). The zero-order valence-electron chi connectivity index (χ0n) is 11.3. The second-order valence-electron chi connectivity index (χ2n) is 5.94. The van der Waals surface area contributed by atoms with Gasteiger partial charge in [0.25, 0.3) is 0 Å². The van der Waals surface area contributed by atoms with Crippen LogP contribution in [-0.2, 0) is 0 Å². The van der Waals surface area contributed by atoms with Gasteiger partial charge in [-0.3, -0.25) is 4.90 Å². The molecule has 2 heterocycles. The van der Waals surface area contributed by atoms with Crippen LogP contribution in [0.2, 0.25) is 0 Å². The number of aryl methyl sites for hydroxylation is 1. The average molecular weight is 265 g/mol. The maximum atomic E-state index is 6.28. The van der Waals surface area contributed by atoms with Crippen LogP contribution < -0.4 is 5.73 Å². The molecule has 0 bridgehead atoms. The third-order valence-electron chi connectivity index (χ3n) is 4.79. The molecular formula is C14H23N3S. The first-order chi connectivity index (χ1) is 8.65. The molecule has 3 nitrogen and oxygen atoms in total. The lowest BCUT2D eigenvalue weighted by Crippen LogP contribution is -2.38. The summed E-state index contributed by atoms with van der Waals surface area (Å²) in [6, 6.07) is 0.880. The number of hydrogen-bond donors (Lipinski definition) is 1. The third-order valence-corrected chi connectivity index (χ3v) is 5.59. The highest BCUT2D eigenvalue weighted by molar-refractivity contribution is 7.09. The Morgan fingerprint density at radius 3 is 2.94 bits per heavy atom. The first-order valence-corrected chi connectivity index (χ1v) is 7.95. The topological polar surface area (TPSA) is 42.2 Å². The fourth-order valence-electron chi connectivity index (χ4n) is 3.63. The quantitative estimate of drug-likeness (QED) is 0.893. The molecule has 4 atom stereocenters. The summed E-state index contributed by atoms with van der Waals surface area (Å²) in [4.78, 5) is 7.23. The Bertz CT molecular complexity index is 417. The number of fused-ring (bicyclic) bond motifs is 1. The van der Waals surface area contributed by atoms with E-state index in [0.717, 1.165) is 11.8 Å². The van der Waals surface area contributed by atoms with E-state index in [9.17, 15) is 0 Å². The van der Waals surface area contributed by atoms with Gasteiger partial charge >= 0.3 is 0 Å². The van der Waals surface area contributed by atoms with Crippen LogP contribution >= 0.6 is 11.3 Å². The monoisotopic (exact) mass is 265 g/mol. The second kappa shape index (κ2) is 4.91. The van der Waals surface area contributed by atoms with E-state index in [0.29, 0.717) is 12.1 Å². The molecule has 2 fully saturated rings. The van der Waals surface area contributed by atoms with Gasteiger partial charge in [-0.2, -0.15) is 0 Å². The van der Waals surface area contributed by atoms with Crippen molar-refractivity contribution in [1.82, 2.24) is 9.88 Å². The third kappa shape index (κ3) is 2.22. The Labute approximate surface area is 113 Å². The normalized spacial score (nSPS) is 34.5. The van der Waals surface area contributed by atoms with E-state index < -0.39 is 0 Å². The van der Waals surface area contributed by atoms with E-state index in [1.54, 1.807) is 11.3 Å². The molecule has 1 aliphatic heterocycles. The Balaban J connectivity index is 1.71. The zero-order chi connectivity index (χ0) is 12.7. The summed E-state index contributed by atoms with van der Waals surface area (Å²) in [6.45, 7) is 6.76. The maximum absolute atomic E-state index is 6.28. The van der Waals surface area contributed by atoms with Gasteiger partial charge in [-0.15, -0.1) is 11.3 Å².